The molecule has 0 aliphatic heterocycles. The van der Waals surface area contributed by atoms with E-state index in [1.165, 1.54) is 6.08 Å². The number of hydrazine groups is 1. The molecule has 124 valence electrons. The van der Waals surface area contributed by atoms with Crippen LogP contribution >= 0.6 is 0 Å². The molecule has 0 aliphatic rings. The highest BCUT2D eigenvalue weighted by Crippen LogP contribution is 2.10. The number of nitrogens with zero attached hydrogens (tertiary/aromatic N) is 2. The first-order valence-corrected chi connectivity index (χ1v) is 7.64. The van der Waals surface area contributed by atoms with E-state index in [9.17, 15) is 9.59 Å². The Morgan fingerprint density at radius 3 is 2.40 bits per heavy atom. The van der Waals surface area contributed by atoms with E-state index in [0.29, 0.717) is 5.56 Å². The van der Waals surface area contributed by atoms with Gasteiger partial charge in [-0.15, -0.1) is 0 Å². The summed E-state index contributed by atoms with van der Waals surface area (Å²) in [5.41, 5.74) is 7.03. The second-order valence-corrected chi connectivity index (χ2v) is 5.20. The van der Waals surface area contributed by atoms with Gasteiger partial charge in [0.25, 0.3) is 11.8 Å². The number of nitrogens with one attached hydrogen (secondary N) is 2. The molecule has 0 unspecified atom stereocenters. The van der Waals surface area contributed by atoms with E-state index in [2.05, 4.69) is 15.8 Å². The molecule has 3 rings (SSSR count). The molecule has 0 aliphatic carbocycles. The monoisotopic (exact) mass is 332 g/mol. The molecular weight excluding hydrogens is 316 g/mol. The summed E-state index contributed by atoms with van der Waals surface area (Å²) >= 11 is 0. The summed E-state index contributed by atoms with van der Waals surface area (Å²) in [4.78, 5) is 27.6. The Morgan fingerprint density at radius 1 is 0.960 bits per heavy atom. The van der Waals surface area contributed by atoms with Crippen LogP contribution in [0.15, 0.2) is 79.4 Å². The molecule has 0 spiro atoms. The lowest BCUT2D eigenvalue weighted by Gasteiger charge is -2.05. The van der Waals surface area contributed by atoms with Crippen molar-refractivity contribution in [2.75, 3.05) is 0 Å². The maximum Gasteiger partial charge on any atom is 0.269 e. The Bertz CT molecular complexity index is 870. The Morgan fingerprint density at radius 2 is 1.72 bits per heavy atom. The third-order valence-electron chi connectivity index (χ3n) is 3.46. The predicted molar refractivity (Wildman–Crippen MR) is 94.6 cm³/mol. The van der Waals surface area contributed by atoms with Gasteiger partial charge in [-0.3, -0.25) is 20.4 Å². The molecule has 6 heteroatoms. The van der Waals surface area contributed by atoms with Crippen molar-refractivity contribution < 1.29 is 9.59 Å². The summed E-state index contributed by atoms with van der Waals surface area (Å²) in [6.07, 6.45) is 8.31. The third-order valence-corrected chi connectivity index (χ3v) is 3.46. The Hall–Kier alpha value is -3.67. The topological polar surface area (TPSA) is 76.0 Å². The van der Waals surface area contributed by atoms with E-state index in [-0.39, 0.29) is 5.91 Å². The first-order valence-electron chi connectivity index (χ1n) is 7.64. The molecule has 25 heavy (non-hydrogen) atoms. The highest BCUT2D eigenvalue weighted by Gasteiger charge is 2.04. The van der Waals surface area contributed by atoms with Crippen LogP contribution in [0.4, 0.5) is 0 Å². The molecule has 0 saturated carbocycles. The van der Waals surface area contributed by atoms with E-state index in [0.717, 1.165) is 11.3 Å². The Kier molecular flexibility index (Phi) is 5.01. The van der Waals surface area contributed by atoms with Crippen LogP contribution in [0, 0.1) is 0 Å². The Labute approximate surface area is 144 Å². The average Bonchev–Trinajstić information content (AvgIpc) is 3.20. The van der Waals surface area contributed by atoms with Crippen LogP contribution in [0.2, 0.25) is 0 Å². The van der Waals surface area contributed by atoms with Gasteiger partial charge >= 0.3 is 0 Å². The number of aromatic nitrogens is 2. The quantitative estimate of drug-likeness (QED) is 0.569. The lowest BCUT2D eigenvalue weighted by Crippen LogP contribution is -2.40. The van der Waals surface area contributed by atoms with Crippen molar-refractivity contribution in [1.29, 1.82) is 0 Å². The predicted octanol–water partition coefficient (Wildman–Crippen LogP) is 2.35. The minimum Gasteiger partial charge on any atom is -0.306 e. The van der Waals surface area contributed by atoms with Crippen molar-refractivity contribution in [1.82, 2.24) is 20.4 Å². The Balaban J connectivity index is 1.53. The van der Waals surface area contributed by atoms with Gasteiger partial charge < -0.3 is 4.57 Å². The van der Waals surface area contributed by atoms with Crippen molar-refractivity contribution in [3.8, 4) is 5.69 Å². The van der Waals surface area contributed by atoms with Crippen molar-refractivity contribution in [3.05, 3.63) is 90.5 Å². The van der Waals surface area contributed by atoms with Crippen LogP contribution in [0.5, 0.6) is 0 Å². The number of carbonyl (C=O) groups excluding carboxylic acids is 2. The number of rotatable bonds is 4. The highest BCUT2D eigenvalue weighted by atomic mass is 16.2. The first kappa shape index (κ1) is 16.2. The number of imidazole rings is 1. The van der Waals surface area contributed by atoms with Crippen LogP contribution in [0.25, 0.3) is 11.8 Å². The fraction of sp³-hybridized carbons (Fsp3) is 0. The van der Waals surface area contributed by atoms with Gasteiger partial charge in [-0.05, 0) is 35.9 Å². The molecule has 0 atom stereocenters. The van der Waals surface area contributed by atoms with Gasteiger partial charge in [-0.25, -0.2) is 4.98 Å². The SMILES string of the molecule is O=C(/C=C/c1ccc(-n2ccnc2)cc1)NNC(=O)c1ccccc1. The maximum atomic E-state index is 11.8. The zero-order chi connectivity index (χ0) is 17.5. The number of benzene rings is 2. The van der Waals surface area contributed by atoms with Gasteiger partial charge in [0.15, 0.2) is 0 Å². The van der Waals surface area contributed by atoms with Gasteiger partial charge in [-0.2, -0.15) is 0 Å². The van der Waals surface area contributed by atoms with Gasteiger partial charge in [0.2, 0.25) is 0 Å². The highest BCUT2D eigenvalue weighted by molar-refractivity contribution is 5.97. The molecule has 2 aromatic carbocycles. The second kappa shape index (κ2) is 7.74. The van der Waals surface area contributed by atoms with Crippen molar-refractivity contribution >= 4 is 17.9 Å². The molecule has 1 aromatic heterocycles. The van der Waals surface area contributed by atoms with Crippen molar-refractivity contribution in [2.24, 2.45) is 0 Å². The molecular formula is C19H16N4O2. The maximum absolute atomic E-state index is 11.8. The number of amides is 2. The zero-order valence-electron chi connectivity index (χ0n) is 13.3. The molecule has 1 heterocycles. The second-order valence-electron chi connectivity index (χ2n) is 5.20. The van der Waals surface area contributed by atoms with Gasteiger partial charge in [0.1, 0.15) is 0 Å². The molecule has 6 nitrogen and oxygen atoms in total. The summed E-state index contributed by atoms with van der Waals surface area (Å²) in [7, 11) is 0. The van der Waals surface area contributed by atoms with Crippen LogP contribution in [0.1, 0.15) is 15.9 Å². The molecule has 0 bridgehead atoms. The molecule has 2 N–H and O–H groups in total. The summed E-state index contributed by atoms with van der Waals surface area (Å²) in [6, 6.07) is 16.3. The van der Waals surface area contributed by atoms with Crippen LogP contribution in [-0.2, 0) is 4.79 Å². The third kappa shape index (κ3) is 4.42. The fourth-order valence-corrected chi connectivity index (χ4v) is 2.16. The van der Waals surface area contributed by atoms with Crippen LogP contribution in [0.3, 0.4) is 0 Å². The lowest BCUT2D eigenvalue weighted by atomic mass is 10.2. The number of carbonyl (C=O) groups is 2. The molecule has 2 amide bonds. The molecule has 0 fully saturated rings. The van der Waals surface area contributed by atoms with E-state index < -0.39 is 5.91 Å². The number of hydrogen-bond donors (Lipinski definition) is 2. The smallest absolute Gasteiger partial charge is 0.269 e. The van der Waals surface area contributed by atoms with Crippen LogP contribution in [-0.4, -0.2) is 21.4 Å². The summed E-state index contributed by atoms with van der Waals surface area (Å²) in [5, 5.41) is 0. The van der Waals surface area contributed by atoms with Crippen molar-refractivity contribution in [2.45, 2.75) is 0 Å². The minimum absolute atomic E-state index is 0.368. The van der Waals surface area contributed by atoms with Crippen molar-refractivity contribution in [3.63, 3.8) is 0 Å². The minimum atomic E-state index is -0.414. The van der Waals surface area contributed by atoms with Gasteiger partial charge in [0, 0.05) is 29.7 Å². The average molecular weight is 332 g/mol. The molecule has 3 aromatic rings. The number of hydrogen-bond acceptors (Lipinski definition) is 3. The summed E-state index contributed by atoms with van der Waals surface area (Å²) < 4.78 is 1.89. The summed E-state index contributed by atoms with van der Waals surface area (Å²) in [5.74, 6) is -0.782. The van der Waals surface area contributed by atoms with Gasteiger partial charge in [-0.1, -0.05) is 30.3 Å². The lowest BCUT2D eigenvalue weighted by molar-refractivity contribution is -0.117. The van der Waals surface area contributed by atoms with Crippen LogP contribution < -0.4 is 10.9 Å². The molecule has 0 saturated heterocycles. The first-order chi connectivity index (χ1) is 12.2. The largest absolute Gasteiger partial charge is 0.306 e. The normalized spacial score (nSPS) is 10.6. The summed E-state index contributed by atoms with van der Waals surface area (Å²) in [6.45, 7) is 0. The fourth-order valence-electron chi connectivity index (χ4n) is 2.16. The zero-order valence-corrected chi connectivity index (χ0v) is 13.3. The molecule has 0 radical (unpaired) electrons. The van der Waals surface area contributed by atoms with Gasteiger partial charge in [0.05, 0.1) is 6.33 Å². The van der Waals surface area contributed by atoms with E-state index >= 15 is 0 Å². The van der Waals surface area contributed by atoms with E-state index in [1.807, 2.05) is 41.1 Å². The van der Waals surface area contributed by atoms with E-state index in [4.69, 9.17) is 0 Å². The standard InChI is InChI=1S/C19H16N4O2/c24-18(21-22-19(25)16-4-2-1-3-5-16)11-8-15-6-9-17(10-7-15)23-13-12-20-14-23/h1-14H,(H,21,24)(H,22,25)/b11-8+. The van der Waals surface area contributed by atoms with E-state index in [1.54, 1.807) is 42.9 Å².